The molecule has 1 saturated heterocycles. The van der Waals surface area contributed by atoms with E-state index in [1.165, 1.54) is 4.90 Å². The molecule has 0 radical (unpaired) electrons. The summed E-state index contributed by atoms with van der Waals surface area (Å²) in [4.78, 5) is 32.5. The van der Waals surface area contributed by atoms with Crippen molar-refractivity contribution in [3.63, 3.8) is 0 Å². The van der Waals surface area contributed by atoms with Gasteiger partial charge in [-0.25, -0.2) is 0 Å². The number of nitrogens with zero attached hydrogens (tertiary/aromatic N) is 2. The van der Waals surface area contributed by atoms with Gasteiger partial charge in [0.25, 0.3) is 0 Å². The predicted molar refractivity (Wildman–Crippen MR) is 104 cm³/mol. The lowest BCUT2D eigenvalue weighted by atomic mass is 9.93. The molecule has 2 aliphatic rings. The summed E-state index contributed by atoms with van der Waals surface area (Å²) in [6.07, 6.45) is -0.307. The Kier molecular flexibility index (Phi) is 3.94. The van der Waals surface area contributed by atoms with E-state index < -0.39 is 12.1 Å². The summed E-state index contributed by atoms with van der Waals surface area (Å²) >= 11 is 0. The van der Waals surface area contributed by atoms with Crippen molar-refractivity contribution in [2.45, 2.75) is 25.1 Å². The number of hydrogen-bond acceptors (Lipinski definition) is 3. The fourth-order valence-corrected chi connectivity index (χ4v) is 4.38. The maximum atomic E-state index is 13.2. The van der Waals surface area contributed by atoms with Crippen LogP contribution in [0.4, 0.5) is 0 Å². The van der Waals surface area contributed by atoms with Crippen LogP contribution < -0.4 is 0 Å². The fraction of sp³-hybridized carbons (Fsp3) is 0.273. The Hall–Kier alpha value is -3.12. The number of aromatic nitrogens is 1. The highest BCUT2D eigenvalue weighted by Gasteiger charge is 2.43. The Morgan fingerprint density at radius 2 is 1.79 bits per heavy atom. The normalized spacial score (nSPS) is 20.2. The topological polar surface area (TPSA) is 76.6 Å². The summed E-state index contributed by atoms with van der Waals surface area (Å²) in [6.45, 7) is 0.558. The third kappa shape index (κ3) is 2.68. The van der Waals surface area contributed by atoms with Gasteiger partial charge in [0, 0.05) is 23.0 Å². The number of amides is 2. The average molecular weight is 375 g/mol. The maximum absolute atomic E-state index is 13.2. The maximum Gasteiger partial charge on any atom is 0.246 e. The first-order valence-corrected chi connectivity index (χ1v) is 9.51. The van der Waals surface area contributed by atoms with Crippen LogP contribution in [0.1, 0.15) is 22.9 Å². The Bertz CT molecular complexity index is 1060. The number of aliphatic hydroxyl groups excluding tert-OH is 1. The highest BCUT2D eigenvalue weighted by atomic mass is 16.3. The van der Waals surface area contributed by atoms with Gasteiger partial charge in [-0.3, -0.25) is 9.59 Å². The third-order valence-corrected chi connectivity index (χ3v) is 5.83. The number of β-amino-alcohol motifs (C(OH)–C–C–N with tert-alkyl or cyclic N) is 1. The zero-order chi connectivity index (χ0) is 19.3. The molecule has 6 heteroatoms. The van der Waals surface area contributed by atoms with Gasteiger partial charge in [0.1, 0.15) is 6.04 Å². The summed E-state index contributed by atoms with van der Waals surface area (Å²) in [7, 11) is 0. The molecule has 0 aliphatic carbocycles. The van der Waals surface area contributed by atoms with Crippen molar-refractivity contribution in [2.24, 2.45) is 0 Å². The summed E-state index contributed by atoms with van der Waals surface area (Å²) in [5.41, 5.74) is 3.90. The smallest absolute Gasteiger partial charge is 0.246 e. The number of H-pyrrole nitrogens is 1. The zero-order valence-electron chi connectivity index (χ0n) is 15.3. The second kappa shape index (κ2) is 6.49. The second-order valence-electron chi connectivity index (χ2n) is 7.51. The van der Waals surface area contributed by atoms with Crippen molar-refractivity contribution in [3.05, 3.63) is 71.4 Å². The lowest BCUT2D eigenvalue weighted by molar-refractivity contribution is -0.158. The van der Waals surface area contributed by atoms with Crippen LogP contribution in [0, 0.1) is 0 Å². The van der Waals surface area contributed by atoms with Crippen molar-refractivity contribution < 1.29 is 14.7 Å². The third-order valence-electron chi connectivity index (χ3n) is 5.83. The molecule has 0 saturated carbocycles. The van der Waals surface area contributed by atoms with Gasteiger partial charge >= 0.3 is 0 Å². The van der Waals surface area contributed by atoms with Gasteiger partial charge in [0.2, 0.25) is 11.8 Å². The van der Waals surface area contributed by atoms with Crippen LogP contribution in [0.25, 0.3) is 10.9 Å². The fourth-order valence-electron chi connectivity index (χ4n) is 4.38. The molecule has 2 unspecified atom stereocenters. The number of aliphatic hydroxyl groups is 1. The van der Waals surface area contributed by atoms with Crippen LogP contribution in [-0.4, -0.2) is 50.8 Å². The molecule has 3 heterocycles. The van der Waals surface area contributed by atoms with Crippen LogP contribution in [0.15, 0.2) is 54.6 Å². The molecule has 2 aliphatic heterocycles. The minimum Gasteiger partial charge on any atom is -0.387 e. The summed E-state index contributed by atoms with van der Waals surface area (Å²) in [5, 5.41) is 11.6. The van der Waals surface area contributed by atoms with Crippen molar-refractivity contribution >= 4 is 22.7 Å². The molecule has 3 aromatic rings. The van der Waals surface area contributed by atoms with Crippen LogP contribution in [0.5, 0.6) is 0 Å². The molecule has 2 N–H and O–H groups in total. The number of carbonyl (C=O) groups is 2. The van der Waals surface area contributed by atoms with E-state index in [4.69, 9.17) is 0 Å². The van der Waals surface area contributed by atoms with Gasteiger partial charge in [-0.1, -0.05) is 48.5 Å². The van der Waals surface area contributed by atoms with E-state index in [-0.39, 0.29) is 24.9 Å². The molecular formula is C22H21N3O3. The lowest BCUT2D eigenvalue weighted by Crippen LogP contribution is -2.62. The first-order valence-electron chi connectivity index (χ1n) is 9.51. The van der Waals surface area contributed by atoms with Crippen LogP contribution in [0.2, 0.25) is 0 Å². The first kappa shape index (κ1) is 17.0. The number of carbonyl (C=O) groups excluding carboxylic acids is 2. The van der Waals surface area contributed by atoms with Gasteiger partial charge in [0.15, 0.2) is 0 Å². The quantitative estimate of drug-likeness (QED) is 0.735. The van der Waals surface area contributed by atoms with Gasteiger partial charge in [-0.2, -0.15) is 0 Å². The van der Waals surface area contributed by atoms with Crippen LogP contribution in [0.3, 0.4) is 0 Å². The van der Waals surface area contributed by atoms with E-state index in [0.717, 1.165) is 27.7 Å². The van der Waals surface area contributed by atoms with E-state index in [1.807, 2.05) is 54.6 Å². The van der Waals surface area contributed by atoms with E-state index in [9.17, 15) is 14.7 Å². The molecule has 6 nitrogen and oxygen atoms in total. The Morgan fingerprint density at radius 3 is 2.61 bits per heavy atom. The zero-order valence-corrected chi connectivity index (χ0v) is 15.3. The van der Waals surface area contributed by atoms with Gasteiger partial charge in [0.05, 0.1) is 25.7 Å². The number of para-hydroxylation sites is 1. The van der Waals surface area contributed by atoms with E-state index >= 15 is 0 Å². The molecule has 2 aromatic carbocycles. The molecule has 28 heavy (non-hydrogen) atoms. The first-order chi connectivity index (χ1) is 13.6. The molecule has 1 fully saturated rings. The molecule has 2 atom stereocenters. The van der Waals surface area contributed by atoms with Crippen LogP contribution >= 0.6 is 0 Å². The van der Waals surface area contributed by atoms with Crippen LogP contribution in [-0.2, 0) is 22.6 Å². The number of fused-ring (bicyclic) bond motifs is 4. The molecule has 5 rings (SSSR count). The summed E-state index contributed by atoms with van der Waals surface area (Å²) in [5.74, 6) is -0.167. The lowest BCUT2D eigenvalue weighted by Gasteiger charge is -2.43. The number of benzene rings is 2. The minimum absolute atomic E-state index is 0.00872. The molecule has 142 valence electrons. The van der Waals surface area contributed by atoms with Crippen molar-refractivity contribution in [3.8, 4) is 0 Å². The average Bonchev–Trinajstić information content (AvgIpc) is 3.09. The van der Waals surface area contributed by atoms with Crippen molar-refractivity contribution in [1.82, 2.24) is 14.8 Å². The van der Waals surface area contributed by atoms with Crippen molar-refractivity contribution in [2.75, 3.05) is 13.1 Å². The molecule has 0 spiro atoms. The SMILES string of the molecule is O=C1C2Cc3c([nH]c4ccccc34)CN2C(=O)CN1CC(O)c1ccccc1. The number of rotatable bonds is 3. The number of piperazine rings is 1. The largest absolute Gasteiger partial charge is 0.387 e. The number of hydrogen-bond donors (Lipinski definition) is 2. The summed E-state index contributed by atoms with van der Waals surface area (Å²) < 4.78 is 0. The van der Waals surface area contributed by atoms with Gasteiger partial charge < -0.3 is 19.9 Å². The molecule has 2 amide bonds. The molecule has 0 bridgehead atoms. The molecule has 1 aromatic heterocycles. The van der Waals surface area contributed by atoms with E-state index in [1.54, 1.807) is 4.90 Å². The number of nitrogens with one attached hydrogen (secondary N) is 1. The second-order valence-corrected chi connectivity index (χ2v) is 7.51. The minimum atomic E-state index is -0.809. The van der Waals surface area contributed by atoms with Crippen molar-refractivity contribution in [1.29, 1.82) is 0 Å². The van der Waals surface area contributed by atoms with E-state index in [0.29, 0.717) is 13.0 Å². The highest BCUT2D eigenvalue weighted by molar-refractivity contribution is 5.96. The molecular weight excluding hydrogens is 354 g/mol. The highest BCUT2D eigenvalue weighted by Crippen LogP contribution is 2.32. The van der Waals surface area contributed by atoms with E-state index in [2.05, 4.69) is 4.98 Å². The summed E-state index contributed by atoms with van der Waals surface area (Å²) in [6, 6.07) is 16.7. The Morgan fingerprint density at radius 1 is 1.04 bits per heavy atom. The standard InChI is InChI=1S/C22H21N3O3/c26-20(14-6-2-1-3-7-14)12-24-13-21(27)25-11-18-16(10-19(25)22(24)28)15-8-4-5-9-17(15)23-18/h1-9,19-20,23,26H,10-13H2. The monoisotopic (exact) mass is 375 g/mol. The van der Waals surface area contributed by atoms with Gasteiger partial charge in [-0.15, -0.1) is 0 Å². The Labute approximate surface area is 162 Å². The van der Waals surface area contributed by atoms with Gasteiger partial charge in [-0.05, 0) is 17.2 Å². The predicted octanol–water partition coefficient (Wildman–Crippen LogP) is 2.00. The number of aromatic amines is 1. The Balaban J connectivity index is 1.42.